The van der Waals surface area contributed by atoms with Crippen LogP contribution in [0.25, 0.3) is 0 Å². The summed E-state index contributed by atoms with van der Waals surface area (Å²) in [4.78, 5) is 0. The zero-order valence-corrected chi connectivity index (χ0v) is 7.84. The first kappa shape index (κ1) is 9.59. The second kappa shape index (κ2) is 3.65. The topological polar surface area (TPSA) is 26.0 Å². The average Bonchev–Trinajstić information content (AvgIpc) is 2.92. The Morgan fingerprint density at radius 2 is 2.07 bits per heavy atom. The van der Waals surface area contributed by atoms with Gasteiger partial charge in [0.15, 0.2) is 0 Å². The van der Waals surface area contributed by atoms with Crippen LogP contribution in [0.1, 0.15) is 18.4 Å². The molecule has 0 heterocycles. The summed E-state index contributed by atoms with van der Waals surface area (Å²) in [6.07, 6.45) is 2.80. The molecule has 1 saturated carbocycles. The highest BCUT2D eigenvalue weighted by Gasteiger charge is 2.28. The minimum atomic E-state index is -0.536. The summed E-state index contributed by atoms with van der Waals surface area (Å²) >= 11 is 0. The monoisotopic (exact) mass is 197 g/mol. The van der Waals surface area contributed by atoms with Gasteiger partial charge < -0.3 is 5.73 Å². The van der Waals surface area contributed by atoms with Gasteiger partial charge in [-0.3, -0.25) is 0 Å². The summed E-state index contributed by atoms with van der Waals surface area (Å²) in [5.41, 5.74) is 6.38. The molecule has 1 aromatic carbocycles. The maximum Gasteiger partial charge on any atom is 0.129 e. The number of halogens is 2. The molecule has 1 atom stereocenters. The third-order valence-corrected chi connectivity index (χ3v) is 2.70. The molecule has 0 aromatic heterocycles. The average molecular weight is 197 g/mol. The number of nitrogens with two attached hydrogens (primary N) is 1. The lowest BCUT2D eigenvalue weighted by Gasteiger charge is -2.10. The minimum Gasteiger partial charge on any atom is -0.327 e. The van der Waals surface area contributed by atoms with Crippen LogP contribution in [-0.4, -0.2) is 6.04 Å². The van der Waals surface area contributed by atoms with E-state index in [9.17, 15) is 8.78 Å². The van der Waals surface area contributed by atoms with Crippen LogP contribution in [0.2, 0.25) is 0 Å². The van der Waals surface area contributed by atoms with Crippen molar-refractivity contribution in [3.8, 4) is 0 Å². The third-order valence-electron chi connectivity index (χ3n) is 2.70. The molecular weight excluding hydrogens is 184 g/mol. The van der Waals surface area contributed by atoms with E-state index in [1.165, 1.54) is 12.1 Å². The smallest absolute Gasteiger partial charge is 0.129 e. The molecule has 0 spiro atoms. The number of hydrogen-bond acceptors (Lipinski definition) is 1. The van der Waals surface area contributed by atoms with Crippen LogP contribution in [0, 0.1) is 17.6 Å². The number of hydrogen-bond donors (Lipinski definition) is 1. The second-order valence-corrected chi connectivity index (χ2v) is 3.94. The standard InChI is InChI=1S/C11H13F2N/c12-9-4-3-8(10(13)6-9)5-11(14)7-1-2-7/h3-4,6-7,11H,1-2,5,14H2. The van der Waals surface area contributed by atoms with Gasteiger partial charge in [-0.15, -0.1) is 0 Å². The van der Waals surface area contributed by atoms with E-state index in [1.807, 2.05) is 0 Å². The van der Waals surface area contributed by atoms with Crippen molar-refractivity contribution in [2.45, 2.75) is 25.3 Å². The van der Waals surface area contributed by atoms with Crippen molar-refractivity contribution in [1.82, 2.24) is 0 Å². The highest BCUT2D eigenvalue weighted by Crippen LogP contribution is 2.33. The zero-order valence-electron chi connectivity index (χ0n) is 7.84. The SMILES string of the molecule is NC(Cc1ccc(F)cc1F)C1CC1. The molecular formula is C11H13F2N. The van der Waals surface area contributed by atoms with Gasteiger partial charge in [0.25, 0.3) is 0 Å². The molecule has 2 N–H and O–H groups in total. The van der Waals surface area contributed by atoms with E-state index >= 15 is 0 Å². The summed E-state index contributed by atoms with van der Waals surface area (Å²) in [6.45, 7) is 0. The van der Waals surface area contributed by atoms with Crippen LogP contribution in [0.4, 0.5) is 8.78 Å². The normalized spacial score (nSPS) is 18.2. The molecule has 0 radical (unpaired) electrons. The lowest BCUT2D eigenvalue weighted by molar-refractivity contribution is 0.541. The number of benzene rings is 1. The Labute approximate surface area is 81.9 Å². The molecule has 0 bridgehead atoms. The molecule has 76 valence electrons. The lowest BCUT2D eigenvalue weighted by Crippen LogP contribution is -2.25. The molecule has 1 fully saturated rings. The van der Waals surface area contributed by atoms with Gasteiger partial charge in [0.2, 0.25) is 0 Å². The van der Waals surface area contributed by atoms with E-state index in [1.54, 1.807) is 0 Å². The Hall–Kier alpha value is -0.960. The van der Waals surface area contributed by atoms with Gasteiger partial charge in [0, 0.05) is 12.1 Å². The summed E-state index contributed by atoms with van der Waals surface area (Å²) in [5, 5.41) is 0. The molecule has 1 aromatic rings. The van der Waals surface area contributed by atoms with Crippen LogP contribution < -0.4 is 5.73 Å². The predicted molar refractivity (Wildman–Crippen MR) is 50.8 cm³/mol. The Bertz CT molecular complexity index is 334. The quantitative estimate of drug-likeness (QED) is 0.790. The van der Waals surface area contributed by atoms with Crippen LogP contribution in [0.15, 0.2) is 18.2 Å². The van der Waals surface area contributed by atoms with Crippen LogP contribution >= 0.6 is 0 Å². The number of rotatable bonds is 3. The molecule has 1 aliphatic rings. The summed E-state index contributed by atoms with van der Waals surface area (Å²) in [7, 11) is 0. The minimum absolute atomic E-state index is 0.0231. The molecule has 1 unspecified atom stereocenters. The van der Waals surface area contributed by atoms with E-state index in [-0.39, 0.29) is 6.04 Å². The maximum atomic E-state index is 13.2. The lowest BCUT2D eigenvalue weighted by atomic mass is 10.0. The molecule has 1 nitrogen and oxygen atoms in total. The van der Waals surface area contributed by atoms with Crippen molar-refractivity contribution in [1.29, 1.82) is 0 Å². The van der Waals surface area contributed by atoms with Crippen LogP contribution in [-0.2, 0) is 6.42 Å². The largest absolute Gasteiger partial charge is 0.327 e. The first-order valence-electron chi connectivity index (χ1n) is 4.86. The van der Waals surface area contributed by atoms with Gasteiger partial charge in [0.1, 0.15) is 11.6 Å². The Balaban J connectivity index is 2.07. The molecule has 2 rings (SSSR count). The maximum absolute atomic E-state index is 13.2. The van der Waals surface area contributed by atoms with E-state index in [0.29, 0.717) is 17.9 Å². The highest BCUT2D eigenvalue weighted by atomic mass is 19.1. The van der Waals surface area contributed by atoms with Gasteiger partial charge in [-0.2, -0.15) is 0 Å². The fourth-order valence-electron chi connectivity index (χ4n) is 1.63. The third kappa shape index (κ3) is 2.10. The first-order valence-corrected chi connectivity index (χ1v) is 4.86. The molecule has 3 heteroatoms. The fourth-order valence-corrected chi connectivity index (χ4v) is 1.63. The van der Waals surface area contributed by atoms with Crippen LogP contribution in [0.5, 0.6) is 0 Å². The van der Waals surface area contributed by atoms with Crippen molar-refractivity contribution in [2.24, 2.45) is 11.7 Å². The van der Waals surface area contributed by atoms with Gasteiger partial charge >= 0.3 is 0 Å². The molecule has 1 aliphatic carbocycles. The van der Waals surface area contributed by atoms with Crippen molar-refractivity contribution in [2.75, 3.05) is 0 Å². The molecule has 0 amide bonds. The molecule has 14 heavy (non-hydrogen) atoms. The van der Waals surface area contributed by atoms with Crippen LogP contribution in [0.3, 0.4) is 0 Å². The van der Waals surface area contributed by atoms with Gasteiger partial charge in [-0.1, -0.05) is 6.07 Å². The summed E-state index contributed by atoms with van der Waals surface area (Å²) in [6, 6.07) is 3.69. The first-order chi connectivity index (χ1) is 6.66. The van der Waals surface area contributed by atoms with E-state index in [4.69, 9.17) is 5.73 Å². The summed E-state index contributed by atoms with van der Waals surface area (Å²) in [5.74, 6) is -0.480. The predicted octanol–water partition coefficient (Wildman–Crippen LogP) is 2.24. The highest BCUT2D eigenvalue weighted by molar-refractivity contribution is 5.20. The Morgan fingerprint density at radius 3 is 2.64 bits per heavy atom. The van der Waals surface area contributed by atoms with Crippen molar-refractivity contribution in [3.63, 3.8) is 0 Å². The molecule has 0 aliphatic heterocycles. The Kier molecular flexibility index (Phi) is 2.50. The van der Waals surface area contributed by atoms with Gasteiger partial charge in [0.05, 0.1) is 0 Å². The van der Waals surface area contributed by atoms with E-state index < -0.39 is 11.6 Å². The van der Waals surface area contributed by atoms with Gasteiger partial charge in [-0.05, 0) is 36.8 Å². The van der Waals surface area contributed by atoms with Gasteiger partial charge in [-0.25, -0.2) is 8.78 Å². The fraction of sp³-hybridized carbons (Fsp3) is 0.455. The second-order valence-electron chi connectivity index (χ2n) is 3.94. The molecule has 0 saturated heterocycles. The van der Waals surface area contributed by atoms with Crippen molar-refractivity contribution in [3.05, 3.63) is 35.4 Å². The van der Waals surface area contributed by atoms with Crippen molar-refractivity contribution < 1.29 is 8.78 Å². The summed E-state index contributed by atoms with van der Waals surface area (Å²) < 4.78 is 25.8. The van der Waals surface area contributed by atoms with E-state index in [0.717, 1.165) is 18.9 Å². The van der Waals surface area contributed by atoms with Crippen molar-refractivity contribution >= 4 is 0 Å². The van der Waals surface area contributed by atoms with E-state index in [2.05, 4.69) is 0 Å². The Morgan fingerprint density at radius 1 is 1.36 bits per heavy atom. The zero-order chi connectivity index (χ0) is 10.1.